The Morgan fingerprint density at radius 3 is 3.07 bits per heavy atom. The van der Waals surface area contributed by atoms with Gasteiger partial charge >= 0.3 is 0 Å². The molecular weight excluding hydrogens is 198 g/mol. The summed E-state index contributed by atoms with van der Waals surface area (Å²) in [6.07, 6.45) is 4.57. The van der Waals surface area contributed by atoms with Crippen LogP contribution < -0.4 is 5.56 Å². The van der Waals surface area contributed by atoms with Gasteiger partial charge in [-0.05, 0) is 6.92 Å². The summed E-state index contributed by atoms with van der Waals surface area (Å²) >= 11 is 1.59. The Morgan fingerprint density at radius 1 is 1.57 bits per heavy atom. The van der Waals surface area contributed by atoms with Crippen LogP contribution in [0.1, 0.15) is 10.7 Å². The number of thiazole rings is 1. The third kappa shape index (κ3) is 1.88. The minimum absolute atomic E-state index is 0.0989. The van der Waals surface area contributed by atoms with Gasteiger partial charge in [0.15, 0.2) is 0 Å². The highest BCUT2D eigenvalue weighted by Crippen LogP contribution is 2.08. The van der Waals surface area contributed by atoms with Crippen molar-refractivity contribution in [3.63, 3.8) is 0 Å². The van der Waals surface area contributed by atoms with Gasteiger partial charge in [-0.1, -0.05) is 0 Å². The average Bonchev–Trinajstić information content (AvgIpc) is 2.56. The third-order valence-electron chi connectivity index (χ3n) is 1.80. The molecule has 0 radical (unpaired) electrons. The van der Waals surface area contributed by atoms with Gasteiger partial charge < -0.3 is 4.57 Å². The van der Waals surface area contributed by atoms with E-state index in [-0.39, 0.29) is 5.56 Å². The van der Waals surface area contributed by atoms with Gasteiger partial charge in [0, 0.05) is 17.8 Å². The topological polar surface area (TPSA) is 47.8 Å². The Bertz CT molecular complexity index is 489. The molecule has 0 aliphatic heterocycles. The Morgan fingerprint density at radius 2 is 2.43 bits per heavy atom. The number of nitrogens with zero attached hydrogens (tertiary/aromatic N) is 3. The Labute approximate surface area is 84.9 Å². The molecule has 4 nitrogen and oxygen atoms in total. The molecule has 2 rings (SSSR count). The second-order valence-electron chi connectivity index (χ2n) is 2.90. The van der Waals surface area contributed by atoms with Crippen molar-refractivity contribution in [2.45, 2.75) is 13.5 Å². The third-order valence-corrected chi connectivity index (χ3v) is 2.62. The van der Waals surface area contributed by atoms with Crippen LogP contribution in [-0.2, 0) is 6.54 Å². The van der Waals surface area contributed by atoms with Gasteiger partial charge in [-0.15, -0.1) is 11.3 Å². The molecule has 0 saturated carbocycles. The van der Waals surface area contributed by atoms with Crippen molar-refractivity contribution in [3.8, 4) is 0 Å². The van der Waals surface area contributed by atoms with Crippen molar-refractivity contribution < 1.29 is 0 Å². The van der Waals surface area contributed by atoms with Gasteiger partial charge in [0.05, 0.1) is 23.4 Å². The van der Waals surface area contributed by atoms with E-state index in [9.17, 15) is 4.79 Å². The van der Waals surface area contributed by atoms with Crippen molar-refractivity contribution in [2.75, 3.05) is 0 Å². The maximum absolute atomic E-state index is 11.3. The monoisotopic (exact) mass is 207 g/mol. The van der Waals surface area contributed by atoms with Crippen molar-refractivity contribution in [1.82, 2.24) is 14.5 Å². The largest absolute Gasteiger partial charge is 0.307 e. The second-order valence-corrected chi connectivity index (χ2v) is 3.96. The molecule has 72 valence electrons. The summed E-state index contributed by atoms with van der Waals surface area (Å²) < 4.78 is 1.58. The lowest BCUT2D eigenvalue weighted by Crippen LogP contribution is -2.19. The minimum atomic E-state index is -0.0989. The summed E-state index contributed by atoms with van der Waals surface area (Å²) in [5, 5.41) is 2.98. The fourth-order valence-electron chi connectivity index (χ4n) is 1.16. The van der Waals surface area contributed by atoms with E-state index in [4.69, 9.17) is 0 Å². The SMILES string of the molecule is Cc1nc(Cn2ccncc2=O)cs1. The maximum Gasteiger partial charge on any atom is 0.269 e. The molecule has 0 aliphatic rings. The molecule has 0 aromatic carbocycles. The van der Waals surface area contributed by atoms with Crippen LogP contribution in [0.15, 0.2) is 28.8 Å². The fraction of sp³-hybridized carbons (Fsp3) is 0.222. The summed E-state index contributed by atoms with van der Waals surface area (Å²) in [6.45, 7) is 2.47. The van der Waals surface area contributed by atoms with Crippen molar-refractivity contribution in [3.05, 3.63) is 45.0 Å². The summed E-state index contributed by atoms with van der Waals surface area (Å²) in [5.41, 5.74) is 0.818. The number of hydrogen-bond donors (Lipinski definition) is 0. The first kappa shape index (κ1) is 9.08. The molecular formula is C9H9N3OS. The molecule has 0 amide bonds. The van der Waals surface area contributed by atoms with Gasteiger partial charge in [-0.3, -0.25) is 9.78 Å². The zero-order valence-electron chi connectivity index (χ0n) is 7.67. The Balaban J connectivity index is 2.27. The van der Waals surface area contributed by atoms with Crippen LogP contribution >= 0.6 is 11.3 Å². The molecule has 0 unspecified atom stereocenters. The molecule has 14 heavy (non-hydrogen) atoms. The molecule has 0 bridgehead atoms. The van der Waals surface area contributed by atoms with Crippen LogP contribution in [0, 0.1) is 6.92 Å². The van der Waals surface area contributed by atoms with E-state index in [0.717, 1.165) is 10.7 Å². The standard InChI is InChI=1S/C9H9N3OS/c1-7-11-8(6-14-7)5-12-3-2-10-4-9(12)13/h2-4,6H,5H2,1H3. The molecule has 2 aromatic rings. The Kier molecular flexibility index (Phi) is 2.41. The van der Waals surface area contributed by atoms with E-state index in [2.05, 4.69) is 9.97 Å². The first-order chi connectivity index (χ1) is 6.75. The molecule has 0 spiro atoms. The number of hydrogen-bond acceptors (Lipinski definition) is 4. The summed E-state index contributed by atoms with van der Waals surface area (Å²) in [4.78, 5) is 19.3. The van der Waals surface area contributed by atoms with E-state index < -0.39 is 0 Å². The highest BCUT2D eigenvalue weighted by atomic mass is 32.1. The maximum atomic E-state index is 11.3. The fourth-order valence-corrected chi connectivity index (χ4v) is 1.76. The molecule has 0 atom stereocenters. The highest BCUT2D eigenvalue weighted by molar-refractivity contribution is 7.09. The minimum Gasteiger partial charge on any atom is -0.307 e. The lowest BCUT2D eigenvalue weighted by molar-refractivity contribution is 0.732. The molecule has 5 heteroatoms. The molecule has 0 fully saturated rings. The molecule has 0 aliphatic carbocycles. The predicted molar refractivity (Wildman–Crippen MR) is 54.5 cm³/mol. The van der Waals surface area contributed by atoms with Gasteiger partial charge in [0.25, 0.3) is 5.56 Å². The number of rotatable bonds is 2. The van der Waals surface area contributed by atoms with Gasteiger partial charge in [0.2, 0.25) is 0 Å². The van der Waals surface area contributed by atoms with Gasteiger partial charge in [0.1, 0.15) is 0 Å². The predicted octanol–water partition coefficient (Wildman–Crippen LogP) is 1.06. The molecule has 0 saturated heterocycles. The molecule has 0 N–H and O–H groups in total. The van der Waals surface area contributed by atoms with Crippen LogP contribution in [0.5, 0.6) is 0 Å². The van der Waals surface area contributed by atoms with E-state index >= 15 is 0 Å². The van der Waals surface area contributed by atoms with Crippen molar-refractivity contribution >= 4 is 11.3 Å². The van der Waals surface area contributed by atoms with E-state index in [1.54, 1.807) is 28.3 Å². The van der Waals surface area contributed by atoms with Crippen LogP contribution in [0.2, 0.25) is 0 Å². The Hall–Kier alpha value is -1.49. The van der Waals surface area contributed by atoms with E-state index in [0.29, 0.717) is 6.54 Å². The van der Waals surface area contributed by atoms with Crippen molar-refractivity contribution in [2.24, 2.45) is 0 Å². The summed E-state index contributed by atoms with van der Waals surface area (Å²) in [7, 11) is 0. The highest BCUT2D eigenvalue weighted by Gasteiger charge is 2.00. The zero-order chi connectivity index (χ0) is 9.97. The zero-order valence-corrected chi connectivity index (χ0v) is 8.49. The lowest BCUT2D eigenvalue weighted by atomic mass is 10.4. The normalized spacial score (nSPS) is 10.4. The van der Waals surface area contributed by atoms with E-state index in [1.165, 1.54) is 6.20 Å². The first-order valence-electron chi connectivity index (χ1n) is 4.17. The van der Waals surface area contributed by atoms with Crippen LogP contribution in [-0.4, -0.2) is 14.5 Å². The van der Waals surface area contributed by atoms with Crippen LogP contribution in [0.3, 0.4) is 0 Å². The van der Waals surface area contributed by atoms with Gasteiger partial charge in [-0.25, -0.2) is 4.98 Å². The van der Waals surface area contributed by atoms with Gasteiger partial charge in [-0.2, -0.15) is 0 Å². The quantitative estimate of drug-likeness (QED) is 0.739. The smallest absolute Gasteiger partial charge is 0.269 e. The van der Waals surface area contributed by atoms with Crippen molar-refractivity contribution in [1.29, 1.82) is 0 Å². The molecule has 2 aromatic heterocycles. The van der Waals surface area contributed by atoms with Crippen LogP contribution in [0.25, 0.3) is 0 Å². The van der Waals surface area contributed by atoms with E-state index in [1.807, 2.05) is 12.3 Å². The summed E-state index contributed by atoms with van der Waals surface area (Å²) in [5.74, 6) is 0. The average molecular weight is 207 g/mol. The second kappa shape index (κ2) is 3.71. The number of aromatic nitrogens is 3. The summed E-state index contributed by atoms with van der Waals surface area (Å²) in [6, 6.07) is 0. The number of aryl methyl sites for hydroxylation is 1. The molecule has 2 heterocycles. The lowest BCUT2D eigenvalue weighted by Gasteiger charge is -2.00. The van der Waals surface area contributed by atoms with Crippen LogP contribution in [0.4, 0.5) is 0 Å². The first-order valence-corrected chi connectivity index (χ1v) is 5.05.